The Morgan fingerprint density at radius 2 is 1.74 bits per heavy atom. The van der Waals surface area contributed by atoms with Crippen LogP contribution in [0.1, 0.15) is 15.9 Å². The standard InChI is InChI=1S/C15H12AsNO5S/c16-9-3-6-12(11(7-9)14(18)19)22-15(20)21-10-4-1-8(2-5-10)13(17)23/h1-7H,16H2,(H2,17,23)(H,18,19). The second kappa shape index (κ2) is 7.26. The zero-order valence-electron chi connectivity index (χ0n) is 11.7. The summed E-state index contributed by atoms with van der Waals surface area (Å²) >= 11 is 6.08. The van der Waals surface area contributed by atoms with E-state index in [-0.39, 0.29) is 22.1 Å². The van der Waals surface area contributed by atoms with Crippen molar-refractivity contribution in [2.24, 2.45) is 5.73 Å². The van der Waals surface area contributed by atoms with Gasteiger partial charge in [-0.1, -0.05) is 12.2 Å². The molecule has 2 aromatic rings. The van der Waals surface area contributed by atoms with Gasteiger partial charge in [0.2, 0.25) is 0 Å². The summed E-state index contributed by atoms with van der Waals surface area (Å²) in [6.45, 7) is 0. The van der Waals surface area contributed by atoms with Crippen LogP contribution in [0.5, 0.6) is 11.5 Å². The van der Waals surface area contributed by atoms with E-state index in [4.69, 9.17) is 32.5 Å². The van der Waals surface area contributed by atoms with Crippen molar-refractivity contribution in [1.82, 2.24) is 0 Å². The Balaban J connectivity index is 2.11. The van der Waals surface area contributed by atoms with Crippen molar-refractivity contribution in [3.05, 3.63) is 53.6 Å². The molecular weight excluding hydrogens is 381 g/mol. The van der Waals surface area contributed by atoms with Crippen LogP contribution in [0.15, 0.2) is 42.5 Å². The van der Waals surface area contributed by atoms with Crippen LogP contribution in [0.25, 0.3) is 0 Å². The minimum atomic E-state index is -1.19. The first-order valence-corrected chi connectivity index (χ1v) is 7.91. The van der Waals surface area contributed by atoms with Gasteiger partial charge in [0.25, 0.3) is 0 Å². The van der Waals surface area contributed by atoms with Gasteiger partial charge in [-0.3, -0.25) is 0 Å². The number of carboxylic acids is 1. The van der Waals surface area contributed by atoms with Gasteiger partial charge in [0.1, 0.15) is 0 Å². The van der Waals surface area contributed by atoms with Crippen molar-refractivity contribution in [1.29, 1.82) is 0 Å². The van der Waals surface area contributed by atoms with Gasteiger partial charge < -0.3 is 5.73 Å². The Hall–Kier alpha value is -2.37. The number of carbonyl (C=O) groups is 2. The van der Waals surface area contributed by atoms with E-state index in [9.17, 15) is 9.59 Å². The fraction of sp³-hybridized carbons (Fsp3) is 0. The predicted molar refractivity (Wildman–Crippen MR) is 90.6 cm³/mol. The normalized spacial score (nSPS) is 9.96. The monoisotopic (exact) mass is 393 g/mol. The van der Waals surface area contributed by atoms with Crippen LogP contribution in [-0.2, 0) is 0 Å². The van der Waals surface area contributed by atoms with E-state index in [1.54, 1.807) is 18.2 Å². The van der Waals surface area contributed by atoms with Gasteiger partial charge in [0, 0.05) is 0 Å². The molecule has 0 aliphatic carbocycles. The molecule has 0 bridgehead atoms. The third-order valence-electron chi connectivity index (χ3n) is 2.77. The van der Waals surface area contributed by atoms with Crippen molar-refractivity contribution in [3.8, 4) is 11.5 Å². The van der Waals surface area contributed by atoms with Crippen molar-refractivity contribution in [3.63, 3.8) is 0 Å². The van der Waals surface area contributed by atoms with Gasteiger partial charge in [0.15, 0.2) is 0 Å². The molecule has 6 nitrogen and oxygen atoms in total. The molecule has 0 aromatic heterocycles. The Labute approximate surface area is 145 Å². The third kappa shape index (κ3) is 4.55. The zero-order chi connectivity index (χ0) is 17.0. The fourth-order valence-electron chi connectivity index (χ4n) is 1.70. The zero-order valence-corrected chi connectivity index (χ0v) is 14.9. The average molecular weight is 393 g/mol. The molecule has 3 N–H and O–H groups in total. The number of aromatic carboxylic acids is 1. The van der Waals surface area contributed by atoms with Gasteiger partial charge in [-0.15, -0.1) is 0 Å². The van der Waals surface area contributed by atoms with E-state index in [1.165, 1.54) is 41.1 Å². The summed E-state index contributed by atoms with van der Waals surface area (Å²) in [6, 6.07) is 10.7. The molecule has 0 spiro atoms. The summed E-state index contributed by atoms with van der Waals surface area (Å²) in [5, 5.41) is 9.13. The van der Waals surface area contributed by atoms with Crippen molar-refractivity contribution >= 4 is 50.5 Å². The van der Waals surface area contributed by atoms with Crippen LogP contribution < -0.4 is 19.6 Å². The number of benzene rings is 2. The molecule has 0 aliphatic heterocycles. The molecule has 0 heterocycles. The number of hydrogen-bond donors (Lipinski definition) is 2. The number of carboxylic acid groups (broad SMARTS) is 1. The van der Waals surface area contributed by atoms with Crippen LogP contribution in [0, 0.1) is 0 Å². The van der Waals surface area contributed by atoms with Crippen LogP contribution >= 0.6 is 12.2 Å². The molecule has 0 saturated carbocycles. The third-order valence-corrected chi connectivity index (χ3v) is 3.76. The van der Waals surface area contributed by atoms with Crippen LogP contribution in [0.2, 0.25) is 0 Å². The Bertz CT molecular complexity index is 776. The van der Waals surface area contributed by atoms with Gasteiger partial charge >= 0.3 is 128 Å². The first kappa shape index (κ1) is 17.0. The van der Waals surface area contributed by atoms with Crippen LogP contribution in [0.4, 0.5) is 4.79 Å². The van der Waals surface area contributed by atoms with Crippen LogP contribution in [0.3, 0.4) is 0 Å². The van der Waals surface area contributed by atoms with Crippen molar-refractivity contribution in [2.75, 3.05) is 0 Å². The molecule has 1 unspecified atom stereocenters. The van der Waals surface area contributed by atoms with Gasteiger partial charge in [-0.05, 0) is 0 Å². The maximum atomic E-state index is 11.8. The summed E-state index contributed by atoms with van der Waals surface area (Å²) in [5.74, 6) is -1.04. The molecule has 0 fully saturated rings. The Kier molecular flexibility index (Phi) is 5.36. The van der Waals surface area contributed by atoms with E-state index in [0.717, 1.165) is 4.35 Å². The molecule has 23 heavy (non-hydrogen) atoms. The number of rotatable bonds is 4. The molecule has 8 heteroatoms. The van der Waals surface area contributed by atoms with Crippen LogP contribution in [-0.4, -0.2) is 39.1 Å². The number of thiocarbonyl (C=S) groups is 1. The molecular formula is C15H12AsNO5S. The van der Waals surface area contributed by atoms with Gasteiger partial charge in [-0.25, -0.2) is 0 Å². The van der Waals surface area contributed by atoms with E-state index in [1.807, 2.05) is 0 Å². The molecule has 0 amide bonds. The Morgan fingerprint density at radius 3 is 2.30 bits per heavy atom. The van der Waals surface area contributed by atoms with Gasteiger partial charge in [0.05, 0.1) is 0 Å². The van der Waals surface area contributed by atoms with E-state index in [2.05, 4.69) is 0 Å². The first-order chi connectivity index (χ1) is 10.9. The van der Waals surface area contributed by atoms with E-state index in [0.29, 0.717) is 5.56 Å². The molecule has 2 rings (SSSR count). The Morgan fingerprint density at radius 1 is 1.09 bits per heavy atom. The predicted octanol–water partition coefficient (Wildman–Crippen LogP) is 0.855. The molecule has 0 aliphatic rings. The second-order valence-corrected chi connectivity index (χ2v) is 6.24. The number of ether oxygens (including phenoxy) is 2. The number of carbonyl (C=O) groups excluding carboxylic acids is 1. The summed E-state index contributed by atoms with van der Waals surface area (Å²) in [6.07, 6.45) is -1.04. The van der Waals surface area contributed by atoms with Crippen molar-refractivity contribution < 1.29 is 24.2 Å². The summed E-state index contributed by atoms with van der Waals surface area (Å²) in [4.78, 5) is 23.2. The van der Waals surface area contributed by atoms with E-state index < -0.39 is 12.1 Å². The minimum absolute atomic E-state index is 0.0799. The molecule has 0 radical (unpaired) electrons. The number of nitrogens with two attached hydrogens (primary N) is 1. The number of hydrogen-bond acceptors (Lipinski definition) is 5. The molecule has 2 aromatic carbocycles. The quantitative estimate of drug-likeness (QED) is 0.344. The molecule has 118 valence electrons. The maximum absolute atomic E-state index is 11.8. The van der Waals surface area contributed by atoms with Gasteiger partial charge in [-0.2, -0.15) is 0 Å². The average Bonchev–Trinajstić information content (AvgIpc) is 2.49. The summed E-state index contributed by atoms with van der Waals surface area (Å²) in [7, 11) is 0. The SMILES string of the molecule is NC(=S)c1ccc(OC(=O)Oc2ccc([AsH2])cc2C(=O)O)cc1. The van der Waals surface area contributed by atoms with Crippen molar-refractivity contribution in [2.45, 2.75) is 0 Å². The summed E-state index contributed by atoms with van der Waals surface area (Å²) < 4.78 is 10.7. The van der Waals surface area contributed by atoms with E-state index >= 15 is 0 Å². The fourth-order valence-corrected chi connectivity index (χ4v) is 2.39. The second-order valence-electron chi connectivity index (χ2n) is 4.40. The molecule has 0 saturated heterocycles. The molecule has 1 atom stereocenters. The summed E-state index contributed by atoms with van der Waals surface area (Å²) in [5.41, 5.74) is 6.00. The topological polar surface area (TPSA) is 98.9 Å². The first-order valence-electron chi connectivity index (χ1n) is 6.29.